The van der Waals surface area contributed by atoms with E-state index in [9.17, 15) is 14.0 Å². The number of hydrogen-bond acceptors (Lipinski definition) is 5. The Hall–Kier alpha value is -3.57. The predicted octanol–water partition coefficient (Wildman–Crippen LogP) is 3.61. The maximum Gasteiger partial charge on any atom is 0.325 e. The van der Waals surface area contributed by atoms with Crippen molar-refractivity contribution < 1.29 is 23.5 Å². The number of nitrogens with zero attached hydrogens (tertiary/aromatic N) is 2. The minimum atomic E-state index is -1.12. The van der Waals surface area contributed by atoms with Crippen LogP contribution >= 0.6 is 0 Å². The molecule has 0 aliphatic carbocycles. The van der Waals surface area contributed by atoms with Gasteiger partial charge in [-0.2, -0.15) is 0 Å². The number of ether oxygens (including phenoxy) is 2. The summed E-state index contributed by atoms with van der Waals surface area (Å²) in [6.07, 6.45) is 1.69. The van der Waals surface area contributed by atoms with Gasteiger partial charge in [0.25, 0.3) is 5.91 Å². The van der Waals surface area contributed by atoms with Gasteiger partial charge in [0.2, 0.25) is 0 Å². The molecule has 2 aromatic rings. The van der Waals surface area contributed by atoms with Gasteiger partial charge < -0.3 is 14.8 Å². The Bertz CT molecular complexity index is 1180. The first kappa shape index (κ1) is 25.5. The number of carbonyl (C=O) groups excluding carboxylic acids is 2. The van der Waals surface area contributed by atoms with Gasteiger partial charge >= 0.3 is 6.03 Å². The first-order valence-electron chi connectivity index (χ1n) is 12.1. The monoisotopic (exact) mass is 493 g/mol. The van der Waals surface area contributed by atoms with E-state index >= 15 is 0 Å². The maximum atomic E-state index is 14.0. The van der Waals surface area contributed by atoms with Crippen LogP contribution in [0.3, 0.4) is 0 Å². The Kier molecular flexibility index (Phi) is 7.80. The Balaban J connectivity index is 1.52. The fraction of sp³-hybridized carbons (Fsp3) is 0.429. The molecule has 8 heteroatoms. The number of piperidine rings is 1. The zero-order chi connectivity index (χ0) is 25.7. The van der Waals surface area contributed by atoms with Crippen LogP contribution in [-0.4, -0.2) is 61.1 Å². The highest BCUT2D eigenvalue weighted by molar-refractivity contribution is 6.07. The van der Waals surface area contributed by atoms with E-state index in [-0.39, 0.29) is 30.6 Å². The summed E-state index contributed by atoms with van der Waals surface area (Å²) < 4.78 is 24.7. The lowest BCUT2D eigenvalue weighted by Gasteiger charge is -2.41. The highest BCUT2D eigenvalue weighted by Gasteiger charge is 2.55. The topological polar surface area (TPSA) is 71.1 Å². The highest BCUT2D eigenvalue weighted by atomic mass is 19.1. The molecule has 0 spiro atoms. The number of carbonyl (C=O) groups is 2. The number of likely N-dealkylation sites (tertiary alicyclic amines) is 1. The van der Waals surface area contributed by atoms with E-state index < -0.39 is 11.6 Å². The third-order valence-corrected chi connectivity index (χ3v) is 7.13. The van der Waals surface area contributed by atoms with Crippen molar-refractivity contribution in [2.24, 2.45) is 5.92 Å². The summed E-state index contributed by atoms with van der Waals surface area (Å²) in [6.45, 7) is 3.99. The standard InChI is InChI=1S/C28H32FN3O4/c1-4-5-13-32-26(33)28(30-27(32)34,18-20-7-6-8-23(29)16-20)22-11-14-31(15-12-22)19-21-9-10-24(35-2)25(17-21)36-3/h6-10,16-17,22H,11-15,18-19H2,1-3H3,(H,30,34). The molecule has 3 amide bonds. The maximum absolute atomic E-state index is 14.0. The Morgan fingerprint density at radius 3 is 2.47 bits per heavy atom. The van der Waals surface area contributed by atoms with Crippen molar-refractivity contribution in [3.63, 3.8) is 0 Å². The largest absolute Gasteiger partial charge is 0.493 e. The molecule has 7 nitrogen and oxygen atoms in total. The molecule has 1 N–H and O–H groups in total. The number of benzene rings is 2. The van der Waals surface area contributed by atoms with Crippen LogP contribution in [0.25, 0.3) is 0 Å². The van der Waals surface area contributed by atoms with Gasteiger partial charge in [-0.15, -0.1) is 5.92 Å². The first-order chi connectivity index (χ1) is 17.4. The van der Waals surface area contributed by atoms with E-state index in [0.717, 1.165) is 38.0 Å². The second-order valence-electron chi connectivity index (χ2n) is 9.27. The summed E-state index contributed by atoms with van der Waals surface area (Å²) in [7, 11) is 3.23. The van der Waals surface area contributed by atoms with Crippen LogP contribution in [0.5, 0.6) is 11.5 Å². The summed E-state index contributed by atoms with van der Waals surface area (Å²) in [6, 6.07) is 11.7. The van der Waals surface area contributed by atoms with Gasteiger partial charge in [0.05, 0.1) is 20.8 Å². The van der Waals surface area contributed by atoms with Gasteiger partial charge in [-0.1, -0.05) is 24.1 Å². The van der Waals surface area contributed by atoms with Gasteiger partial charge in [0, 0.05) is 13.0 Å². The first-order valence-corrected chi connectivity index (χ1v) is 12.1. The van der Waals surface area contributed by atoms with Crippen LogP contribution in [-0.2, 0) is 17.8 Å². The van der Waals surface area contributed by atoms with Crippen LogP contribution in [0.15, 0.2) is 42.5 Å². The van der Waals surface area contributed by atoms with E-state index in [4.69, 9.17) is 9.47 Å². The predicted molar refractivity (Wildman–Crippen MR) is 134 cm³/mol. The van der Waals surface area contributed by atoms with Crippen LogP contribution in [0.2, 0.25) is 0 Å². The molecule has 190 valence electrons. The van der Waals surface area contributed by atoms with Gasteiger partial charge in [-0.3, -0.25) is 14.6 Å². The number of methoxy groups -OCH3 is 2. The Morgan fingerprint density at radius 2 is 1.81 bits per heavy atom. The average molecular weight is 494 g/mol. The minimum Gasteiger partial charge on any atom is -0.493 e. The average Bonchev–Trinajstić information content (AvgIpc) is 3.12. The van der Waals surface area contributed by atoms with Crippen molar-refractivity contribution in [2.75, 3.05) is 33.9 Å². The van der Waals surface area contributed by atoms with E-state index in [1.165, 1.54) is 17.0 Å². The molecule has 36 heavy (non-hydrogen) atoms. The van der Waals surface area contributed by atoms with Crippen LogP contribution in [0.4, 0.5) is 9.18 Å². The van der Waals surface area contributed by atoms with Crippen molar-refractivity contribution in [1.29, 1.82) is 0 Å². The molecule has 2 saturated heterocycles. The van der Waals surface area contributed by atoms with E-state index in [1.807, 2.05) is 18.2 Å². The lowest BCUT2D eigenvalue weighted by Crippen LogP contribution is -2.57. The molecular weight excluding hydrogens is 461 g/mol. The number of imide groups is 1. The quantitative estimate of drug-likeness (QED) is 0.449. The van der Waals surface area contributed by atoms with Gasteiger partial charge in [0.15, 0.2) is 11.5 Å². The van der Waals surface area contributed by atoms with Crippen LogP contribution in [0.1, 0.15) is 30.9 Å². The smallest absolute Gasteiger partial charge is 0.325 e. The molecule has 0 bridgehead atoms. The molecule has 2 heterocycles. The van der Waals surface area contributed by atoms with Crippen LogP contribution < -0.4 is 14.8 Å². The molecule has 2 aliphatic rings. The third-order valence-electron chi connectivity index (χ3n) is 7.13. The lowest BCUT2D eigenvalue weighted by atomic mass is 9.74. The number of hydrogen-bond donors (Lipinski definition) is 1. The normalized spacial score (nSPS) is 20.6. The van der Waals surface area contributed by atoms with E-state index in [2.05, 4.69) is 22.1 Å². The Morgan fingerprint density at radius 1 is 1.06 bits per heavy atom. The number of rotatable bonds is 8. The molecule has 0 radical (unpaired) electrons. The second kappa shape index (κ2) is 11.0. The summed E-state index contributed by atoms with van der Waals surface area (Å²) in [5.74, 6) is 6.22. The molecule has 0 saturated carbocycles. The van der Waals surface area contributed by atoms with E-state index in [0.29, 0.717) is 17.1 Å². The van der Waals surface area contributed by atoms with Crippen molar-refractivity contribution in [3.8, 4) is 23.3 Å². The third kappa shape index (κ3) is 5.17. The van der Waals surface area contributed by atoms with Gasteiger partial charge in [0.1, 0.15) is 11.4 Å². The number of urea groups is 1. The zero-order valence-corrected chi connectivity index (χ0v) is 21.0. The van der Waals surface area contributed by atoms with Crippen molar-refractivity contribution in [3.05, 3.63) is 59.4 Å². The minimum absolute atomic E-state index is 0.0458. The number of amides is 3. The molecule has 1 unspecified atom stereocenters. The Labute approximate surface area is 211 Å². The zero-order valence-electron chi connectivity index (χ0n) is 21.0. The summed E-state index contributed by atoms with van der Waals surface area (Å²) in [4.78, 5) is 30.0. The van der Waals surface area contributed by atoms with E-state index in [1.54, 1.807) is 33.3 Å². The second-order valence-corrected chi connectivity index (χ2v) is 9.27. The van der Waals surface area contributed by atoms with Crippen molar-refractivity contribution >= 4 is 11.9 Å². The summed E-state index contributed by atoms with van der Waals surface area (Å²) >= 11 is 0. The fourth-order valence-corrected chi connectivity index (χ4v) is 5.28. The van der Waals surface area contributed by atoms with Crippen molar-refractivity contribution in [2.45, 2.75) is 38.3 Å². The van der Waals surface area contributed by atoms with Gasteiger partial charge in [-0.05, 0) is 74.2 Å². The molecule has 2 fully saturated rings. The molecule has 1 atom stereocenters. The summed E-state index contributed by atoms with van der Waals surface area (Å²) in [5.41, 5.74) is 0.672. The fourth-order valence-electron chi connectivity index (χ4n) is 5.28. The molecule has 0 aromatic heterocycles. The summed E-state index contributed by atoms with van der Waals surface area (Å²) in [5, 5.41) is 3.00. The van der Waals surface area contributed by atoms with Crippen LogP contribution in [0, 0.1) is 23.6 Å². The van der Waals surface area contributed by atoms with Crippen molar-refractivity contribution in [1.82, 2.24) is 15.1 Å². The number of nitrogens with one attached hydrogen (secondary N) is 1. The molecule has 4 rings (SSSR count). The van der Waals surface area contributed by atoms with Gasteiger partial charge in [-0.25, -0.2) is 9.18 Å². The molecular formula is C28H32FN3O4. The number of halogens is 1. The SMILES string of the molecule is CC#CCN1C(=O)NC(Cc2cccc(F)c2)(C2CCN(Cc3ccc(OC)c(OC)c3)CC2)C1=O. The highest BCUT2D eigenvalue weighted by Crippen LogP contribution is 2.37. The lowest BCUT2D eigenvalue weighted by molar-refractivity contribution is -0.133. The molecule has 2 aromatic carbocycles. The molecule has 2 aliphatic heterocycles.